The molecule has 0 nitrogen and oxygen atoms in total. The van der Waals surface area contributed by atoms with Gasteiger partial charge < -0.3 is 0 Å². The van der Waals surface area contributed by atoms with Crippen molar-refractivity contribution in [2.45, 2.75) is 13.8 Å². The van der Waals surface area contributed by atoms with Crippen LogP contribution in [0.2, 0.25) is 0 Å². The van der Waals surface area contributed by atoms with Gasteiger partial charge >= 0.3 is 0 Å². The van der Waals surface area contributed by atoms with E-state index in [4.69, 9.17) is 0 Å². The maximum Gasteiger partial charge on any atom is -0.0128 e. The van der Waals surface area contributed by atoms with Crippen LogP contribution >= 0.6 is 0 Å². The molecule has 7 heavy (non-hydrogen) atoms. The highest BCUT2D eigenvalue weighted by Gasteiger charge is 1.85. The topological polar surface area (TPSA) is 0 Å². The average molecular weight is 95.2 g/mol. The fourth-order valence-corrected chi connectivity index (χ4v) is 0.246. The van der Waals surface area contributed by atoms with Gasteiger partial charge in [-0.25, -0.2) is 0 Å². The van der Waals surface area contributed by atoms with Crippen LogP contribution in [0.15, 0.2) is 24.3 Å². The van der Waals surface area contributed by atoms with Crippen LogP contribution in [0.1, 0.15) is 13.8 Å². The van der Waals surface area contributed by atoms with Gasteiger partial charge in [0.25, 0.3) is 0 Å². The van der Waals surface area contributed by atoms with Crippen LogP contribution in [0.4, 0.5) is 0 Å². The second-order valence-corrected chi connectivity index (χ2v) is 1.59. The number of hydrogen-bond acceptors (Lipinski definition) is 0. The Morgan fingerprint density at radius 1 is 1.43 bits per heavy atom. The number of hydrogen-bond donors (Lipinski definition) is 0. The molecule has 39 valence electrons. The highest BCUT2D eigenvalue weighted by Crippen LogP contribution is 2.04. The summed E-state index contributed by atoms with van der Waals surface area (Å²) in [4.78, 5) is 0. The van der Waals surface area contributed by atoms with E-state index in [9.17, 15) is 0 Å². The van der Waals surface area contributed by atoms with E-state index in [0.717, 1.165) is 11.1 Å². The average Bonchev–Trinajstić information content (AvgIpc) is 1.65. The summed E-state index contributed by atoms with van der Waals surface area (Å²) in [5.74, 6) is 0. The fourth-order valence-electron chi connectivity index (χ4n) is 0.246. The first kappa shape index (κ1) is 6.48. The van der Waals surface area contributed by atoms with Crippen molar-refractivity contribution in [3.63, 3.8) is 0 Å². The Balaban J connectivity index is 3.58. The summed E-state index contributed by atoms with van der Waals surface area (Å²) in [6.07, 6.45) is 1.95. The Morgan fingerprint density at radius 2 is 1.86 bits per heavy atom. The van der Waals surface area contributed by atoms with Crippen LogP contribution in [-0.2, 0) is 0 Å². The van der Waals surface area contributed by atoms with Gasteiger partial charge in [-0.3, -0.25) is 0 Å². The third-order valence-electron chi connectivity index (χ3n) is 0.897. The minimum atomic E-state index is 1.03. The van der Waals surface area contributed by atoms with Crippen LogP contribution < -0.4 is 0 Å². The summed E-state index contributed by atoms with van der Waals surface area (Å²) >= 11 is 0. The van der Waals surface area contributed by atoms with Crippen molar-refractivity contribution >= 4 is 0 Å². The Hall–Kier alpha value is -0.520. The van der Waals surface area contributed by atoms with Crippen LogP contribution in [0.3, 0.4) is 0 Å². The molecular formula is C7H11. The highest BCUT2D eigenvalue weighted by molar-refractivity contribution is 5.28. The molecule has 0 heterocycles. The molecule has 0 aromatic rings. The predicted octanol–water partition coefficient (Wildman–Crippen LogP) is 2.34. The van der Waals surface area contributed by atoms with Crippen LogP contribution in [-0.4, -0.2) is 0 Å². The maximum atomic E-state index is 3.72. The molecule has 0 aliphatic carbocycles. The molecule has 0 saturated carbocycles. The second kappa shape index (κ2) is 2.62. The van der Waals surface area contributed by atoms with E-state index in [1.54, 1.807) is 0 Å². The standard InChI is InChI=1S/C7H11/c1-5-7(4)6(2)3/h5H,2,4H2,1,3H3. The van der Waals surface area contributed by atoms with Crippen molar-refractivity contribution in [1.82, 2.24) is 0 Å². The predicted molar refractivity (Wildman–Crippen MR) is 33.9 cm³/mol. The van der Waals surface area contributed by atoms with E-state index in [-0.39, 0.29) is 0 Å². The van der Waals surface area contributed by atoms with E-state index < -0.39 is 0 Å². The molecule has 0 N–H and O–H groups in total. The Bertz CT molecular complexity index is 88.2. The molecule has 0 fully saturated rings. The molecule has 0 atom stereocenters. The zero-order chi connectivity index (χ0) is 5.86. The van der Waals surface area contributed by atoms with Crippen molar-refractivity contribution in [3.05, 3.63) is 30.7 Å². The molecular weight excluding hydrogens is 84.1 g/mol. The monoisotopic (exact) mass is 95.1 g/mol. The maximum absolute atomic E-state index is 3.72. The molecule has 0 bridgehead atoms. The Labute approximate surface area is 45.5 Å². The lowest BCUT2D eigenvalue weighted by molar-refractivity contribution is 1.35. The first-order valence-corrected chi connectivity index (χ1v) is 2.32. The van der Waals surface area contributed by atoms with Gasteiger partial charge in [0.1, 0.15) is 0 Å². The Morgan fingerprint density at radius 3 is 1.86 bits per heavy atom. The summed E-state index contributed by atoms with van der Waals surface area (Å²) in [7, 11) is 0. The summed E-state index contributed by atoms with van der Waals surface area (Å²) in [5, 5.41) is 0. The van der Waals surface area contributed by atoms with Gasteiger partial charge in [-0.05, 0) is 18.9 Å². The SMILES string of the molecule is C=C(C)C(=C)[CH]C. The van der Waals surface area contributed by atoms with Crippen LogP contribution in [0.5, 0.6) is 0 Å². The third kappa shape index (κ3) is 2.21. The van der Waals surface area contributed by atoms with E-state index >= 15 is 0 Å². The summed E-state index contributed by atoms with van der Waals surface area (Å²) in [6.45, 7) is 11.3. The molecule has 0 rings (SSSR count). The zero-order valence-corrected chi connectivity index (χ0v) is 4.99. The quantitative estimate of drug-likeness (QED) is 0.462. The van der Waals surface area contributed by atoms with Crippen molar-refractivity contribution in [2.75, 3.05) is 0 Å². The third-order valence-corrected chi connectivity index (χ3v) is 0.897. The minimum absolute atomic E-state index is 1.03. The first-order valence-electron chi connectivity index (χ1n) is 2.32. The second-order valence-electron chi connectivity index (χ2n) is 1.59. The van der Waals surface area contributed by atoms with Crippen molar-refractivity contribution in [3.8, 4) is 0 Å². The van der Waals surface area contributed by atoms with E-state index in [1.165, 1.54) is 0 Å². The lowest BCUT2D eigenvalue weighted by atomic mass is 10.1. The van der Waals surface area contributed by atoms with E-state index in [2.05, 4.69) is 13.2 Å². The lowest BCUT2D eigenvalue weighted by Gasteiger charge is -1.94. The van der Waals surface area contributed by atoms with Gasteiger partial charge in [0.05, 0.1) is 0 Å². The normalized spacial score (nSPS) is 8.29. The van der Waals surface area contributed by atoms with Gasteiger partial charge in [-0.15, -0.1) is 0 Å². The van der Waals surface area contributed by atoms with Gasteiger partial charge in [-0.2, -0.15) is 0 Å². The molecule has 0 aromatic heterocycles. The smallest absolute Gasteiger partial charge is 0.0128 e. The lowest BCUT2D eigenvalue weighted by Crippen LogP contribution is -1.76. The van der Waals surface area contributed by atoms with Gasteiger partial charge in [-0.1, -0.05) is 25.7 Å². The largest absolute Gasteiger partial charge is 0.0958 e. The molecule has 1 radical (unpaired) electrons. The fraction of sp³-hybridized carbons (Fsp3) is 0.286. The number of rotatable bonds is 2. The molecule has 0 aromatic carbocycles. The van der Waals surface area contributed by atoms with Gasteiger partial charge in [0.15, 0.2) is 0 Å². The first-order chi connectivity index (χ1) is 3.18. The minimum Gasteiger partial charge on any atom is -0.0958 e. The number of allylic oxidation sites excluding steroid dienone is 2. The van der Waals surface area contributed by atoms with Crippen molar-refractivity contribution < 1.29 is 0 Å². The van der Waals surface area contributed by atoms with Crippen molar-refractivity contribution in [1.29, 1.82) is 0 Å². The van der Waals surface area contributed by atoms with E-state index in [1.807, 2.05) is 20.3 Å². The Kier molecular flexibility index (Phi) is 2.42. The molecule has 0 saturated heterocycles. The summed E-state index contributed by atoms with van der Waals surface area (Å²) in [5.41, 5.74) is 2.07. The van der Waals surface area contributed by atoms with Crippen molar-refractivity contribution in [2.24, 2.45) is 0 Å². The van der Waals surface area contributed by atoms with Crippen LogP contribution in [0.25, 0.3) is 0 Å². The van der Waals surface area contributed by atoms with Crippen LogP contribution in [0, 0.1) is 6.42 Å². The van der Waals surface area contributed by atoms with Gasteiger partial charge in [0, 0.05) is 0 Å². The molecule has 0 unspecified atom stereocenters. The molecule has 0 aliphatic rings. The summed E-state index contributed by atoms with van der Waals surface area (Å²) in [6, 6.07) is 0. The molecule has 0 spiro atoms. The summed E-state index contributed by atoms with van der Waals surface area (Å²) < 4.78 is 0. The molecule has 0 aliphatic heterocycles. The van der Waals surface area contributed by atoms with E-state index in [0.29, 0.717) is 0 Å². The molecule has 0 amide bonds. The zero-order valence-electron chi connectivity index (χ0n) is 4.99. The van der Waals surface area contributed by atoms with Gasteiger partial charge in [0.2, 0.25) is 0 Å². The highest BCUT2D eigenvalue weighted by atomic mass is 13.9. The molecule has 0 heteroatoms.